The monoisotopic (exact) mass is 653 g/mol. The van der Waals surface area contributed by atoms with Crippen LogP contribution in [0.2, 0.25) is 13.1 Å². The first-order valence-corrected chi connectivity index (χ1v) is 20.3. The van der Waals surface area contributed by atoms with E-state index < -0.39 is 25.9 Å². The number of fused-ring (bicyclic) bond motifs is 4. The van der Waals surface area contributed by atoms with Gasteiger partial charge in [0, 0.05) is 0 Å². The number of benzene rings is 2. The Morgan fingerprint density at radius 2 is 1.44 bits per heavy atom. The second-order valence-corrected chi connectivity index (χ2v) is 20.8. The molecular weight excluding hydrogens is 617 g/mol. The van der Waals surface area contributed by atoms with E-state index in [0.29, 0.717) is 11.8 Å². The summed E-state index contributed by atoms with van der Waals surface area (Å²) in [4.78, 5) is 43.6. The first-order valence-electron chi connectivity index (χ1n) is 15.6. The van der Waals surface area contributed by atoms with Gasteiger partial charge < -0.3 is 0 Å². The van der Waals surface area contributed by atoms with Gasteiger partial charge in [-0.1, -0.05) is 0 Å². The zero-order valence-electron chi connectivity index (χ0n) is 25.0. The Bertz CT molecular complexity index is 1780. The summed E-state index contributed by atoms with van der Waals surface area (Å²) in [5.74, 6) is 1.91. The van der Waals surface area contributed by atoms with Gasteiger partial charge >= 0.3 is 260 Å². The molecule has 5 fully saturated rings. The molecule has 4 heterocycles. The molecule has 1 spiro atoms. The molecule has 3 aliphatic heterocycles. The number of imide groups is 2. The molecule has 0 atom stereocenters. The van der Waals surface area contributed by atoms with Gasteiger partial charge in [-0.15, -0.1) is 0 Å². The van der Waals surface area contributed by atoms with Crippen LogP contribution in [0.15, 0.2) is 54.1 Å². The summed E-state index contributed by atoms with van der Waals surface area (Å²) >= 11 is -0.107. The van der Waals surface area contributed by atoms with Crippen LogP contribution in [0.5, 0.6) is 0 Å². The second-order valence-electron chi connectivity index (χ2n) is 14.3. The molecule has 8 heteroatoms. The van der Waals surface area contributed by atoms with Crippen LogP contribution >= 0.6 is 0 Å². The van der Waals surface area contributed by atoms with E-state index in [1.165, 1.54) is 83.6 Å². The topological polar surface area (TPSA) is 60.9 Å². The number of hydrogen-bond acceptors (Lipinski definition) is 4. The van der Waals surface area contributed by atoms with Gasteiger partial charge in [0.05, 0.1) is 0 Å². The Kier molecular flexibility index (Phi) is 5.18. The van der Waals surface area contributed by atoms with Gasteiger partial charge in [-0.25, -0.2) is 0 Å². The number of nitrogens with zero attached hydrogens (tertiary/aromatic N) is 3. The van der Waals surface area contributed by atoms with Gasteiger partial charge in [-0.2, -0.15) is 0 Å². The van der Waals surface area contributed by atoms with Crippen LogP contribution in [-0.4, -0.2) is 64.3 Å². The normalized spacial score (nSPS) is 31.0. The van der Waals surface area contributed by atoms with E-state index in [0.717, 1.165) is 26.1 Å². The number of carbonyl (C=O) groups is 3. The zero-order chi connectivity index (χ0) is 29.6. The van der Waals surface area contributed by atoms with Crippen molar-refractivity contribution in [3.63, 3.8) is 0 Å². The number of anilines is 3. The van der Waals surface area contributed by atoms with Gasteiger partial charge in [-0.05, 0) is 0 Å². The van der Waals surface area contributed by atoms with Crippen molar-refractivity contribution in [3.05, 3.63) is 69.7 Å². The number of amides is 4. The van der Waals surface area contributed by atoms with Crippen LogP contribution in [0.4, 0.5) is 20.7 Å². The molecule has 3 aromatic rings. The van der Waals surface area contributed by atoms with Gasteiger partial charge in [0.15, 0.2) is 0 Å². The number of rotatable bonds is 1. The summed E-state index contributed by atoms with van der Waals surface area (Å²) in [6.07, 6.45) is 8.43. The summed E-state index contributed by atoms with van der Waals surface area (Å²) in [6, 6.07) is 18.0. The average Bonchev–Trinajstić information content (AvgIpc) is 3.42. The van der Waals surface area contributed by atoms with E-state index in [1.54, 1.807) is 0 Å². The van der Waals surface area contributed by atoms with Crippen molar-refractivity contribution < 1.29 is 14.4 Å². The molecule has 4 amide bonds. The minimum absolute atomic E-state index is 0.0203. The molecule has 43 heavy (non-hydrogen) atoms. The molecular formula is C35H35N3O3SeSi. The standard InChI is InChI=1S/C35H35N3O3SeSi/c1-36-31(39)24(32(40)37(2)34(36)41)17-23-18-26-33(42-23)38-27-9-5-6-10-28(27)43(3,4)29-11-7-8-25(30(29)38)35(26)21-13-19-12-20(15-21)16-22(35)14-19/h5-11,17-22H,12-16H2,1-4H3. The number of likely N-dealkylation sites (N-methyl/N-ethyl adjacent to an activating group) is 2. The zero-order valence-corrected chi connectivity index (χ0v) is 27.7. The Morgan fingerprint density at radius 1 is 0.814 bits per heavy atom. The van der Waals surface area contributed by atoms with Crippen LogP contribution in [0, 0.1) is 23.7 Å². The third-order valence-electron chi connectivity index (χ3n) is 11.9. The van der Waals surface area contributed by atoms with Gasteiger partial charge in [0.1, 0.15) is 0 Å². The maximum atomic E-state index is 13.2. The molecule has 6 nitrogen and oxygen atoms in total. The molecule has 7 aliphatic rings. The quantitative estimate of drug-likeness (QED) is 0.215. The summed E-state index contributed by atoms with van der Waals surface area (Å²) in [7, 11) is 0.947. The van der Waals surface area contributed by atoms with Crippen molar-refractivity contribution in [2.24, 2.45) is 23.7 Å². The van der Waals surface area contributed by atoms with E-state index in [9.17, 15) is 14.4 Å². The molecule has 2 aromatic carbocycles. The molecule has 0 radical (unpaired) electrons. The van der Waals surface area contributed by atoms with Crippen LogP contribution < -0.4 is 15.3 Å². The number of hydrogen-bond donors (Lipinski definition) is 0. The predicted molar refractivity (Wildman–Crippen MR) is 172 cm³/mol. The molecule has 1 saturated heterocycles. The summed E-state index contributed by atoms with van der Waals surface area (Å²) in [5, 5.41) is 3.00. The predicted octanol–water partition coefficient (Wildman–Crippen LogP) is 4.84. The molecule has 1 aromatic heterocycles. The first kappa shape index (κ1) is 26.2. The van der Waals surface area contributed by atoms with E-state index >= 15 is 0 Å². The Hall–Kier alpha value is -3.19. The van der Waals surface area contributed by atoms with Crippen LogP contribution in [0.3, 0.4) is 0 Å². The fraction of sp³-hybridized carbons (Fsp3) is 0.400. The van der Waals surface area contributed by atoms with E-state index in [1.807, 2.05) is 6.08 Å². The SMILES string of the molecule is CN1C(=O)C(=Cc2cc3c([se]2)N2c4ccccc4[Si](C)(C)c4cccc(c42)C32C3CC4CC(C3)CC2C4)C(=O)N(C)C1=O. The first-order chi connectivity index (χ1) is 20.6. The Morgan fingerprint density at radius 3 is 2.12 bits per heavy atom. The molecule has 4 saturated carbocycles. The van der Waals surface area contributed by atoms with Crippen molar-refractivity contribution in [2.45, 2.75) is 50.6 Å². The van der Waals surface area contributed by atoms with Crippen molar-refractivity contribution in [1.29, 1.82) is 0 Å². The fourth-order valence-electron chi connectivity index (χ4n) is 10.3. The van der Waals surface area contributed by atoms with Gasteiger partial charge in [0.25, 0.3) is 0 Å². The number of carbonyl (C=O) groups excluding carboxylic acids is 3. The molecule has 0 N–H and O–H groups in total. The minimum atomic E-state index is -1.96. The van der Waals surface area contributed by atoms with Crippen molar-refractivity contribution in [1.82, 2.24) is 9.80 Å². The fourth-order valence-corrected chi connectivity index (χ4v) is 15.8. The molecule has 4 aliphatic carbocycles. The number of barbiturate groups is 1. The van der Waals surface area contributed by atoms with E-state index in [4.69, 9.17) is 0 Å². The van der Waals surface area contributed by atoms with Gasteiger partial charge in [0.2, 0.25) is 0 Å². The summed E-state index contributed by atoms with van der Waals surface area (Å²) in [6.45, 7) is 5.02. The molecule has 10 rings (SSSR count). The van der Waals surface area contributed by atoms with Crippen molar-refractivity contribution in [3.8, 4) is 0 Å². The Labute approximate surface area is 259 Å². The van der Waals surface area contributed by atoms with Crippen LogP contribution in [0.25, 0.3) is 6.08 Å². The van der Waals surface area contributed by atoms with Gasteiger partial charge in [-0.3, -0.25) is 0 Å². The number of urea groups is 1. The molecule has 0 unspecified atom stereocenters. The van der Waals surface area contributed by atoms with Crippen molar-refractivity contribution in [2.75, 3.05) is 19.0 Å². The number of para-hydroxylation sites is 2. The summed E-state index contributed by atoms with van der Waals surface area (Å²) in [5.41, 5.74) is 5.80. The van der Waals surface area contributed by atoms with Crippen LogP contribution in [0.1, 0.15) is 47.7 Å². The van der Waals surface area contributed by atoms with Crippen LogP contribution in [-0.2, 0) is 15.0 Å². The summed E-state index contributed by atoms with van der Waals surface area (Å²) < 4.78 is 2.43. The van der Waals surface area contributed by atoms with E-state index in [-0.39, 0.29) is 25.5 Å². The Balaban J connectivity index is 1.33. The molecule has 4 bridgehead atoms. The van der Waals surface area contributed by atoms with Crippen molar-refractivity contribution >= 4 is 72.8 Å². The van der Waals surface area contributed by atoms with E-state index in [2.05, 4.69) is 66.5 Å². The maximum absolute atomic E-state index is 13.2. The third-order valence-corrected chi connectivity index (χ3v) is 17.7. The third kappa shape index (κ3) is 3.12. The molecule has 218 valence electrons. The average molecular weight is 653 g/mol. The second kappa shape index (κ2) is 8.49.